The van der Waals surface area contributed by atoms with E-state index in [0.717, 1.165) is 48.6 Å². The summed E-state index contributed by atoms with van der Waals surface area (Å²) in [5, 5.41) is 3.40. The first kappa shape index (κ1) is 21.9. The van der Waals surface area contributed by atoms with Crippen LogP contribution in [0.1, 0.15) is 22.8 Å². The monoisotopic (exact) mass is 447 g/mol. The number of halogens is 1. The molecule has 0 spiro atoms. The predicted molar refractivity (Wildman–Crippen MR) is 129 cm³/mol. The summed E-state index contributed by atoms with van der Waals surface area (Å²) in [6.07, 6.45) is 0. The Morgan fingerprint density at radius 3 is 2.22 bits per heavy atom. The van der Waals surface area contributed by atoms with Gasteiger partial charge in [-0.15, -0.1) is 0 Å². The third kappa shape index (κ3) is 5.11. The largest absolute Gasteiger partial charge is 0.368 e. The van der Waals surface area contributed by atoms with E-state index in [4.69, 9.17) is 11.6 Å². The zero-order valence-corrected chi connectivity index (χ0v) is 18.8. The van der Waals surface area contributed by atoms with Gasteiger partial charge in [0.1, 0.15) is 0 Å². The van der Waals surface area contributed by atoms with Gasteiger partial charge in [0.05, 0.1) is 10.6 Å². The van der Waals surface area contributed by atoms with Crippen molar-refractivity contribution in [2.75, 3.05) is 31.1 Å². The number of hydrogen-bond donors (Lipinski definition) is 1. The van der Waals surface area contributed by atoms with Crippen molar-refractivity contribution in [2.45, 2.75) is 13.5 Å². The first-order valence-corrected chi connectivity index (χ1v) is 11.1. The number of carbonyl (C=O) groups is 2. The van der Waals surface area contributed by atoms with Gasteiger partial charge in [-0.25, -0.2) is 0 Å². The normalized spacial score (nSPS) is 13.7. The van der Waals surface area contributed by atoms with Crippen LogP contribution in [0.25, 0.3) is 11.1 Å². The van der Waals surface area contributed by atoms with E-state index in [-0.39, 0.29) is 11.8 Å². The number of rotatable bonds is 5. The first-order chi connectivity index (χ1) is 15.5. The highest BCUT2D eigenvalue weighted by Crippen LogP contribution is 2.25. The predicted octanol–water partition coefficient (Wildman–Crippen LogP) is 4.61. The minimum Gasteiger partial charge on any atom is -0.368 e. The number of piperazine rings is 1. The van der Waals surface area contributed by atoms with E-state index < -0.39 is 0 Å². The van der Waals surface area contributed by atoms with Crippen molar-refractivity contribution in [1.82, 2.24) is 10.2 Å². The lowest BCUT2D eigenvalue weighted by molar-refractivity contribution is -0.129. The topological polar surface area (TPSA) is 52.7 Å². The summed E-state index contributed by atoms with van der Waals surface area (Å²) in [5.41, 5.74) is 4.60. The molecule has 1 saturated heterocycles. The number of benzene rings is 3. The van der Waals surface area contributed by atoms with Crippen LogP contribution in [0.3, 0.4) is 0 Å². The van der Waals surface area contributed by atoms with Crippen molar-refractivity contribution >= 4 is 29.1 Å². The molecule has 0 aliphatic carbocycles. The van der Waals surface area contributed by atoms with E-state index in [9.17, 15) is 9.59 Å². The molecular weight excluding hydrogens is 422 g/mol. The van der Waals surface area contributed by atoms with Crippen LogP contribution < -0.4 is 10.2 Å². The number of nitrogens with one attached hydrogen (secondary N) is 1. The Morgan fingerprint density at radius 1 is 0.875 bits per heavy atom. The molecule has 1 aliphatic rings. The minimum absolute atomic E-state index is 0.130. The van der Waals surface area contributed by atoms with E-state index in [1.165, 1.54) is 0 Å². The van der Waals surface area contributed by atoms with Crippen LogP contribution in [0, 0.1) is 0 Å². The Balaban J connectivity index is 1.37. The van der Waals surface area contributed by atoms with Gasteiger partial charge in [-0.2, -0.15) is 0 Å². The average molecular weight is 448 g/mol. The number of nitrogens with zero attached hydrogens (tertiary/aromatic N) is 2. The SMILES string of the molecule is CC(=O)N1CCN(c2ccc(CNC(=O)c3cc(-c4ccccc4)ccc3Cl)cc2)CC1. The summed E-state index contributed by atoms with van der Waals surface area (Å²) in [4.78, 5) is 28.4. The van der Waals surface area contributed by atoms with E-state index >= 15 is 0 Å². The molecular formula is C26H26ClN3O2. The summed E-state index contributed by atoms with van der Waals surface area (Å²) in [5.74, 6) is -0.0673. The standard InChI is InChI=1S/C26H26ClN3O2/c1-19(31)29-13-15-30(16-14-29)23-10-7-20(8-11-23)18-28-26(32)24-17-22(9-12-25(24)27)21-5-3-2-4-6-21/h2-12,17H,13-16,18H2,1H3,(H,28,32). The van der Waals surface area contributed by atoms with Gasteiger partial charge in [0, 0.05) is 45.3 Å². The maximum Gasteiger partial charge on any atom is 0.253 e. The van der Waals surface area contributed by atoms with Gasteiger partial charge >= 0.3 is 0 Å². The molecule has 1 fully saturated rings. The Morgan fingerprint density at radius 2 is 1.56 bits per heavy atom. The minimum atomic E-state index is -0.197. The molecule has 1 aliphatic heterocycles. The second kappa shape index (κ2) is 9.88. The van der Waals surface area contributed by atoms with E-state index in [2.05, 4.69) is 22.3 Å². The second-order valence-corrected chi connectivity index (χ2v) is 8.31. The molecule has 1 heterocycles. The van der Waals surface area contributed by atoms with Crippen molar-refractivity contribution in [3.8, 4) is 11.1 Å². The van der Waals surface area contributed by atoms with Crippen molar-refractivity contribution in [3.05, 3.63) is 88.9 Å². The van der Waals surface area contributed by atoms with Crippen LogP contribution in [0.15, 0.2) is 72.8 Å². The van der Waals surface area contributed by atoms with E-state index in [1.54, 1.807) is 13.0 Å². The number of carbonyl (C=O) groups excluding carboxylic acids is 2. The molecule has 3 aromatic carbocycles. The van der Waals surface area contributed by atoms with Gasteiger partial charge in [-0.3, -0.25) is 9.59 Å². The summed E-state index contributed by atoms with van der Waals surface area (Å²) in [6, 6.07) is 23.6. The average Bonchev–Trinajstić information content (AvgIpc) is 2.84. The summed E-state index contributed by atoms with van der Waals surface area (Å²) >= 11 is 6.31. The van der Waals surface area contributed by atoms with Crippen LogP contribution in [-0.2, 0) is 11.3 Å². The fourth-order valence-corrected chi connectivity index (χ4v) is 4.09. The quantitative estimate of drug-likeness (QED) is 0.621. The molecule has 4 rings (SSSR count). The molecule has 0 unspecified atom stereocenters. The maximum atomic E-state index is 12.8. The van der Waals surface area contributed by atoms with Crippen molar-refractivity contribution in [3.63, 3.8) is 0 Å². The molecule has 1 N–H and O–H groups in total. The van der Waals surface area contributed by atoms with Gasteiger partial charge in [-0.05, 0) is 41.0 Å². The van der Waals surface area contributed by atoms with Crippen LogP contribution in [0.4, 0.5) is 5.69 Å². The van der Waals surface area contributed by atoms with E-state index in [1.807, 2.05) is 59.5 Å². The van der Waals surface area contributed by atoms with Crippen LogP contribution >= 0.6 is 11.6 Å². The molecule has 32 heavy (non-hydrogen) atoms. The molecule has 2 amide bonds. The Kier molecular flexibility index (Phi) is 6.76. The highest BCUT2D eigenvalue weighted by molar-refractivity contribution is 6.34. The molecule has 0 aromatic heterocycles. The Labute approximate surface area is 193 Å². The molecule has 0 saturated carbocycles. The van der Waals surface area contributed by atoms with Gasteiger partial charge in [0.2, 0.25) is 5.91 Å². The molecule has 5 nitrogen and oxygen atoms in total. The highest BCUT2D eigenvalue weighted by atomic mass is 35.5. The van der Waals surface area contributed by atoms with Crippen LogP contribution in [-0.4, -0.2) is 42.9 Å². The zero-order valence-electron chi connectivity index (χ0n) is 18.1. The Bertz CT molecular complexity index is 1090. The molecule has 0 atom stereocenters. The van der Waals surface area contributed by atoms with Gasteiger partial charge in [-0.1, -0.05) is 60.1 Å². The van der Waals surface area contributed by atoms with Gasteiger partial charge in [0.25, 0.3) is 5.91 Å². The van der Waals surface area contributed by atoms with Gasteiger partial charge < -0.3 is 15.1 Å². The molecule has 164 valence electrons. The maximum absolute atomic E-state index is 12.8. The Hall–Kier alpha value is -3.31. The second-order valence-electron chi connectivity index (χ2n) is 7.90. The summed E-state index contributed by atoms with van der Waals surface area (Å²) in [7, 11) is 0. The zero-order chi connectivity index (χ0) is 22.5. The number of anilines is 1. The summed E-state index contributed by atoms with van der Waals surface area (Å²) < 4.78 is 0. The van der Waals surface area contributed by atoms with Gasteiger partial charge in [0.15, 0.2) is 0 Å². The lowest BCUT2D eigenvalue weighted by atomic mass is 10.0. The smallest absolute Gasteiger partial charge is 0.253 e. The first-order valence-electron chi connectivity index (χ1n) is 10.7. The molecule has 0 bridgehead atoms. The van der Waals surface area contributed by atoms with Crippen LogP contribution in [0.2, 0.25) is 5.02 Å². The molecule has 0 radical (unpaired) electrons. The van der Waals surface area contributed by atoms with Crippen molar-refractivity contribution in [2.24, 2.45) is 0 Å². The molecule has 6 heteroatoms. The fraction of sp³-hybridized carbons (Fsp3) is 0.231. The fourth-order valence-electron chi connectivity index (χ4n) is 3.89. The number of amides is 2. The van der Waals surface area contributed by atoms with Crippen molar-refractivity contribution in [1.29, 1.82) is 0 Å². The number of hydrogen-bond acceptors (Lipinski definition) is 3. The third-order valence-electron chi connectivity index (χ3n) is 5.80. The van der Waals surface area contributed by atoms with Crippen LogP contribution in [0.5, 0.6) is 0 Å². The van der Waals surface area contributed by atoms with Crippen molar-refractivity contribution < 1.29 is 9.59 Å². The summed E-state index contributed by atoms with van der Waals surface area (Å²) in [6.45, 7) is 5.18. The highest BCUT2D eigenvalue weighted by Gasteiger charge is 2.18. The molecule has 3 aromatic rings. The lowest BCUT2D eigenvalue weighted by Crippen LogP contribution is -2.48. The third-order valence-corrected chi connectivity index (χ3v) is 6.13. The lowest BCUT2D eigenvalue weighted by Gasteiger charge is -2.35. The van der Waals surface area contributed by atoms with E-state index in [0.29, 0.717) is 17.1 Å².